The summed E-state index contributed by atoms with van der Waals surface area (Å²) in [6.45, 7) is 11.8. The summed E-state index contributed by atoms with van der Waals surface area (Å²) in [7, 11) is 0. The zero-order chi connectivity index (χ0) is 32.7. The van der Waals surface area contributed by atoms with Crippen LogP contribution >= 0.6 is 0 Å². The first-order chi connectivity index (χ1) is 21.8. The number of carbonyl (C=O) groups excluding carboxylic acids is 1. The van der Waals surface area contributed by atoms with E-state index in [-0.39, 0.29) is 11.5 Å². The van der Waals surface area contributed by atoms with Crippen LogP contribution < -0.4 is 5.69 Å². The molecule has 10 nitrogen and oxygen atoms in total. The normalized spacial score (nSPS) is 16.7. The van der Waals surface area contributed by atoms with Crippen molar-refractivity contribution in [3.63, 3.8) is 0 Å². The average molecular weight is 630 g/mol. The number of ether oxygens (including phenoxy) is 1. The molecule has 12 heteroatoms. The minimum Gasteiger partial charge on any atom is -0.444 e. The van der Waals surface area contributed by atoms with Crippen molar-refractivity contribution in [1.82, 2.24) is 33.6 Å². The van der Waals surface area contributed by atoms with Crippen LogP contribution in [0, 0.1) is 31.4 Å². The summed E-state index contributed by atoms with van der Waals surface area (Å²) in [5.41, 5.74) is 2.36. The zero-order valence-corrected chi connectivity index (χ0v) is 26.8. The van der Waals surface area contributed by atoms with Crippen LogP contribution in [0.1, 0.15) is 69.0 Å². The first-order valence-electron chi connectivity index (χ1n) is 15.7. The minimum absolute atomic E-state index is 0.0963. The van der Waals surface area contributed by atoms with Crippen LogP contribution in [0.5, 0.6) is 0 Å². The molecule has 1 aliphatic carbocycles. The molecule has 2 aliphatic rings. The highest BCUT2D eigenvalue weighted by Crippen LogP contribution is 2.37. The molecule has 0 unspecified atom stereocenters. The third-order valence-corrected chi connectivity index (χ3v) is 8.88. The average Bonchev–Trinajstić information content (AvgIpc) is 3.40. The van der Waals surface area contributed by atoms with Gasteiger partial charge in [-0.2, -0.15) is 10.2 Å². The lowest BCUT2D eigenvalue weighted by Crippen LogP contribution is -2.42. The standard InChI is InChI=1S/C34H37F2N7O3/c1-19-15-23(16-20(2)29(19)35)43-31(28-21(3)39(12-11-25(28)38-43)33(45)46-34(4,5)6)41-14-13-40(32(41)44)27-10-9-26-24(30(27)36)17-37-42(26)18-22-7-8-22/h9-10,13-17,21-22H,7-8,11-12,18H2,1-6H3/t21-/m0/s1. The van der Waals surface area contributed by atoms with Gasteiger partial charge in [-0.05, 0) is 95.7 Å². The molecule has 240 valence electrons. The fourth-order valence-electron chi connectivity index (χ4n) is 6.39. The van der Waals surface area contributed by atoms with Crippen LogP contribution in [0.2, 0.25) is 0 Å². The number of fused-ring (bicyclic) bond motifs is 2. The van der Waals surface area contributed by atoms with Gasteiger partial charge in [0.1, 0.15) is 17.2 Å². The lowest BCUT2D eigenvalue weighted by atomic mass is 10.00. The maximum Gasteiger partial charge on any atom is 0.410 e. The van der Waals surface area contributed by atoms with Gasteiger partial charge in [0.15, 0.2) is 5.82 Å². The van der Waals surface area contributed by atoms with Crippen LogP contribution in [0.3, 0.4) is 0 Å². The second-order valence-electron chi connectivity index (χ2n) is 13.5. The van der Waals surface area contributed by atoms with E-state index >= 15 is 4.39 Å². The Hall–Kier alpha value is -4.74. The molecular formula is C34H37F2N7O3. The fourth-order valence-corrected chi connectivity index (χ4v) is 6.39. The maximum absolute atomic E-state index is 16.0. The Morgan fingerprint density at radius 2 is 1.74 bits per heavy atom. The Labute approximate surface area is 264 Å². The van der Waals surface area contributed by atoms with Crippen molar-refractivity contribution in [2.24, 2.45) is 5.92 Å². The van der Waals surface area contributed by atoms with E-state index < -0.39 is 29.2 Å². The predicted molar refractivity (Wildman–Crippen MR) is 169 cm³/mol. The highest BCUT2D eigenvalue weighted by molar-refractivity contribution is 5.82. The summed E-state index contributed by atoms with van der Waals surface area (Å²) < 4.78 is 42.5. The topological polar surface area (TPSA) is 92.1 Å². The van der Waals surface area contributed by atoms with Crippen molar-refractivity contribution in [2.75, 3.05) is 6.54 Å². The van der Waals surface area contributed by atoms with Crippen molar-refractivity contribution < 1.29 is 18.3 Å². The van der Waals surface area contributed by atoms with Gasteiger partial charge >= 0.3 is 11.8 Å². The molecule has 1 amide bonds. The van der Waals surface area contributed by atoms with Gasteiger partial charge < -0.3 is 9.64 Å². The van der Waals surface area contributed by atoms with E-state index in [0.717, 1.165) is 19.4 Å². The molecule has 0 spiro atoms. The van der Waals surface area contributed by atoms with E-state index in [4.69, 9.17) is 9.84 Å². The van der Waals surface area contributed by atoms with Crippen LogP contribution in [0.4, 0.5) is 13.6 Å². The monoisotopic (exact) mass is 629 g/mol. The van der Waals surface area contributed by atoms with Gasteiger partial charge in [0, 0.05) is 37.5 Å². The number of benzene rings is 2. The third-order valence-electron chi connectivity index (χ3n) is 8.88. The van der Waals surface area contributed by atoms with E-state index in [0.29, 0.717) is 63.7 Å². The SMILES string of the molecule is Cc1cc(-n2nc3c(c2-n2ccn(-c4ccc5c(cnn5CC5CC5)c4F)c2=O)[C@H](C)N(C(=O)OC(C)(C)C)CC3)cc(C)c1F. The maximum atomic E-state index is 16.0. The molecule has 0 N–H and O–H groups in total. The molecule has 1 atom stereocenters. The van der Waals surface area contributed by atoms with Crippen molar-refractivity contribution >= 4 is 17.0 Å². The Balaban J connectivity index is 1.37. The lowest BCUT2D eigenvalue weighted by Gasteiger charge is -2.34. The first-order valence-corrected chi connectivity index (χ1v) is 15.7. The first kappa shape index (κ1) is 29.9. The number of nitrogens with zero attached hydrogens (tertiary/aromatic N) is 7. The lowest BCUT2D eigenvalue weighted by molar-refractivity contribution is 0.0159. The Bertz CT molecular complexity index is 2050. The summed E-state index contributed by atoms with van der Waals surface area (Å²) in [5, 5.41) is 9.66. The van der Waals surface area contributed by atoms with E-state index in [1.54, 1.807) is 53.9 Å². The van der Waals surface area contributed by atoms with Crippen LogP contribution in [0.15, 0.2) is 47.7 Å². The van der Waals surface area contributed by atoms with Gasteiger partial charge in [-0.1, -0.05) is 0 Å². The number of hydrogen-bond acceptors (Lipinski definition) is 5. The summed E-state index contributed by atoms with van der Waals surface area (Å²) in [6.07, 6.45) is 6.84. The molecule has 3 aromatic heterocycles. The van der Waals surface area contributed by atoms with Crippen molar-refractivity contribution in [3.05, 3.63) is 87.4 Å². The van der Waals surface area contributed by atoms with Crippen molar-refractivity contribution in [3.8, 4) is 17.2 Å². The van der Waals surface area contributed by atoms with Gasteiger partial charge in [0.05, 0.1) is 40.2 Å². The molecule has 4 heterocycles. The van der Waals surface area contributed by atoms with E-state index in [1.807, 2.05) is 32.4 Å². The van der Waals surface area contributed by atoms with Crippen molar-refractivity contribution in [2.45, 2.75) is 79.0 Å². The van der Waals surface area contributed by atoms with Gasteiger partial charge in [0.2, 0.25) is 0 Å². The molecule has 7 rings (SSSR count). The molecule has 2 aromatic carbocycles. The third kappa shape index (κ3) is 5.00. The Morgan fingerprint density at radius 1 is 1.04 bits per heavy atom. The van der Waals surface area contributed by atoms with Gasteiger partial charge in [0.25, 0.3) is 0 Å². The second kappa shape index (κ2) is 10.7. The number of hydrogen-bond donors (Lipinski definition) is 0. The minimum atomic E-state index is -0.693. The number of carbonyl (C=O) groups is 1. The van der Waals surface area contributed by atoms with Crippen LogP contribution in [0.25, 0.3) is 28.1 Å². The number of aryl methyl sites for hydroxylation is 2. The van der Waals surface area contributed by atoms with Crippen molar-refractivity contribution in [1.29, 1.82) is 0 Å². The van der Waals surface area contributed by atoms with Crippen LogP contribution in [-0.4, -0.2) is 51.8 Å². The summed E-state index contributed by atoms with van der Waals surface area (Å²) in [5.74, 6) is 0.106. The molecule has 0 bridgehead atoms. The van der Waals surface area contributed by atoms with Gasteiger partial charge in [-0.3, -0.25) is 13.8 Å². The highest BCUT2D eigenvalue weighted by atomic mass is 19.1. The van der Waals surface area contributed by atoms with Gasteiger partial charge in [-0.25, -0.2) is 23.1 Å². The van der Waals surface area contributed by atoms with E-state index in [1.165, 1.54) is 21.5 Å². The van der Waals surface area contributed by atoms with Crippen LogP contribution in [-0.2, 0) is 17.7 Å². The number of rotatable bonds is 5. The number of amides is 1. The zero-order valence-electron chi connectivity index (χ0n) is 26.8. The smallest absolute Gasteiger partial charge is 0.410 e. The number of aromatic nitrogens is 6. The summed E-state index contributed by atoms with van der Waals surface area (Å²) in [4.78, 5) is 29.1. The fraction of sp³-hybridized carbons (Fsp3) is 0.412. The molecule has 1 aliphatic heterocycles. The predicted octanol–water partition coefficient (Wildman–Crippen LogP) is 6.32. The molecule has 0 radical (unpaired) electrons. The molecule has 5 aromatic rings. The Kier molecular flexibility index (Phi) is 6.95. The number of imidazole rings is 1. The van der Waals surface area contributed by atoms with E-state index in [2.05, 4.69) is 5.10 Å². The highest BCUT2D eigenvalue weighted by Gasteiger charge is 2.37. The quantitative estimate of drug-likeness (QED) is 0.227. The molecule has 46 heavy (non-hydrogen) atoms. The largest absolute Gasteiger partial charge is 0.444 e. The second-order valence-corrected chi connectivity index (χ2v) is 13.5. The van der Waals surface area contributed by atoms with E-state index in [9.17, 15) is 14.0 Å². The molecular weight excluding hydrogens is 592 g/mol. The summed E-state index contributed by atoms with van der Waals surface area (Å²) in [6, 6.07) is 6.24. The molecule has 0 saturated heterocycles. The van der Waals surface area contributed by atoms with Gasteiger partial charge in [-0.15, -0.1) is 0 Å². The Morgan fingerprint density at radius 3 is 2.41 bits per heavy atom. The number of halogens is 2. The molecule has 1 fully saturated rings. The summed E-state index contributed by atoms with van der Waals surface area (Å²) >= 11 is 0. The molecule has 1 saturated carbocycles.